The molecule has 0 amide bonds. The molecule has 1 aromatic rings. The molecule has 0 spiro atoms. The summed E-state index contributed by atoms with van der Waals surface area (Å²) in [7, 11) is 0. The van der Waals surface area contributed by atoms with E-state index in [1.807, 2.05) is 0 Å². The Bertz CT molecular complexity index is 634. The summed E-state index contributed by atoms with van der Waals surface area (Å²) in [5.74, 6) is 0.484. The zero-order valence-corrected chi connectivity index (χ0v) is 16.6. The smallest absolute Gasteiger partial charge is 0.298 e. The van der Waals surface area contributed by atoms with Gasteiger partial charge in [-0.15, -0.1) is 0 Å². The Labute approximate surface area is 168 Å². The van der Waals surface area contributed by atoms with Crippen LogP contribution in [-0.4, -0.2) is 6.86 Å². The fraction of sp³-hybridized carbons (Fsp3) is 0.636. The standard InChI is InChI=1S/C20H27F3O.C2HF3/c1-13-2-4-14(5-3-13)15-6-8-16(9-7-15)17-10-18(22)20(24-12-21)19(23)11-17;3-1-2(4)5/h10-11,13-16H,2-9,12H2,1H3;1H. The molecule has 2 aliphatic rings. The van der Waals surface area contributed by atoms with Crippen molar-refractivity contribution in [1.82, 2.24) is 0 Å². The van der Waals surface area contributed by atoms with Gasteiger partial charge in [-0.25, -0.2) is 17.6 Å². The van der Waals surface area contributed by atoms with E-state index in [4.69, 9.17) is 0 Å². The first-order valence-electron chi connectivity index (χ1n) is 10.1. The second-order valence-electron chi connectivity index (χ2n) is 8.10. The quantitative estimate of drug-likeness (QED) is 0.446. The maximum atomic E-state index is 13.9. The number of halogens is 6. The van der Waals surface area contributed by atoms with Gasteiger partial charge < -0.3 is 4.74 Å². The first-order valence-corrected chi connectivity index (χ1v) is 10.1. The van der Waals surface area contributed by atoms with Gasteiger partial charge in [0.2, 0.25) is 6.86 Å². The van der Waals surface area contributed by atoms with Gasteiger partial charge in [0.15, 0.2) is 23.7 Å². The van der Waals surface area contributed by atoms with Crippen molar-refractivity contribution in [2.24, 2.45) is 17.8 Å². The number of ether oxygens (including phenoxy) is 1. The molecule has 1 nitrogen and oxygen atoms in total. The van der Waals surface area contributed by atoms with Crippen LogP contribution in [0.3, 0.4) is 0 Å². The molecule has 2 saturated carbocycles. The zero-order valence-electron chi connectivity index (χ0n) is 16.6. The van der Waals surface area contributed by atoms with Crippen LogP contribution in [0.15, 0.2) is 24.5 Å². The van der Waals surface area contributed by atoms with Gasteiger partial charge in [-0.2, -0.15) is 8.78 Å². The Balaban J connectivity index is 0.000000537. The maximum absolute atomic E-state index is 13.9. The summed E-state index contributed by atoms with van der Waals surface area (Å²) >= 11 is 0. The Hall–Kier alpha value is -1.66. The lowest BCUT2D eigenvalue weighted by Crippen LogP contribution is -2.24. The summed E-state index contributed by atoms with van der Waals surface area (Å²) in [5, 5.41) is 0. The number of benzene rings is 1. The van der Waals surface area contributed by atoms with E-state index in [0.717, 1.165) is 43.4 Å². The van der Waals surface area contributed by atoms with Crippen LogP contribution in [0.1, 0.15) is 69.8 Å². The molecule has 0 aromatic heterocycles. The van der Waals surface area contributed by atoms with Crippen LogP contribution >= 0.6 is 0 Å². The average Bonchev–Trinajstić information content (AvgIpc) is 2.71. The van der Waals surface area contributed by atoms with E-state index in [2.05, 4.69) is 11.7 Å². The topological polar surface area (TPSA) is 9.23 Å². The molecule has 1 aromatic carbocycles. The van der Waals surface area contributed by atoms with E-state index in [-0.39, 0.29) is 5.92 Å². The summed E-state index contributed by atoms with van der Waals surface area (Å²) in [6.07, 6.45) is 6.60. The minimum absolute atomic E-state index is 0.201. The fourth-order valence-electron chi connectivity index (χ4n) is 4.69. The van der Waals surface area contributed by atoms with E-state index >= 15 is 0 Å². The highest BCUT2D eigenvalue weighted by Crippen LogP contribution is 2.44. The molecular weight excluding hydrogens is 394 g/mol. The lowest BCUT2D eigenvalue weighted by Gasteiger charge is -2.37. The molecule has 0 aliphatic heterocycles. The highest BCUT2D eigenvalue weighted by Gasteiger charge is 2.31. The fourth-order valence-corrected chi connectivity index (χ4v) is 4.69. The van der Waals surface area contributed by atoms with Crippen LogP contribution in [0, 0.1) is 29.4 Å². The first kappa shape index (κ1) is 23.6. The van der Waals surface area contributed by atoms with Crippen LogP contribution in [-0.2, 0) is 0 Å². The monoisotopic (exact) mass is 422 g/mol. The summed E-state index contributed by atoms with van der Waals surface area (Å²) in [6, 6.07) is 2.64. The van der Waals surface area contributed by atoms with E-state index < -0.39 is 36.7 Å². The normalized spacial score (nSPS) is 26.9. The van der Waals surface area contributed by atoms with Gasteiger partial charge in [-0.05, 0) is 79.9 Å². The molecule has 164 valence electrons. The third kappa shape index (κ3) is 6.96. The van der Waals surface area contributed by atoms with Crippen molar-refractivity contribution in [3.63, 3.8) is 0 Å². The second kappa shape index (κ2) is 11.5. The molecule has 2 fully saturated rings. The minimum Gasteiger partial charge on any atom is -0.457 e. The molecule has 0 bridgehead atoms. The number of rotatable bonds is 4. The lowest BCUT2D eigenvalue weighted by atomic mass is 9.68. The molecule has 0 radical (unpaired) electrons. The summed E-state index contributed by atoms with van der Waals surface area (Å²) in [4.78, 5) is 0. The van der Waals surface area contributed by atoms with Crippen molar-refractivity contribution in [1.29, 1.82) is 0 Å². The van der Waals surface area contributed by atoms with E-state index in [1.54, 1.807) is 0 Å². The molecule has 0 saturated heterocycles. The van der Waals surface area contributed by atoms with Crippen molar-refractivity contribution in [3.8, 4) is 5.75 Å². The SMILES string of the molecule is CC1CCC(C2CCC(c3cc(F)c(OCF)c(F)c3)CC2)CC1.FC=C(F)F. The maximum Gasteiger partial charge on any atom is 0.298 e. The van der Waals surface area contributed by atoms with E-state index in [0.29, 0.717) is 5.56 Å². The summed E-state index contributed by atoms with van der Waals surface area (Å²) < 4.78 is 75.1. The van der Waals surface area contributed by atoms with Gasteiger partial charge in [-0.3, -0.25) is 0 Å². The Morgan fingerprint density at radius 1 is 0.931 bits per heavy atom. The zero-order chi connectivity index (χ0) is 21.4. The number of alkyl halides is 1. The number of hydrogen-bond acceptors (Lipinski definition) is 1. The predicted molar refractivity (Wildman–Crippen MR) is 100 cm³/mol. The van der Waals surface area contributed by atoms with E-state index in [9.17, 15) is 26.3 Å². The summed E-state index contributed by atoms with van der Waals surface area (Å²) in [6.45, 7) is 1.12. The molecule has 7 heteroatoms. The highest BCUT2D eigenvalue weighted by atomic mass is 19.3. The molecule has 0 heterocycles. The largest absolute Gasteiger partial charge is 0.457 e. The molecule has 0 atom stereocenters. The minimum atomic E-state index is -2.29. The van der Waals surface area contributed by atoms with E-state index in [1.165, 1.54) is 37.8 Å². The average molecular weight is 422 g/mol. The molecular formula is C22H28F6O. The third-order valence-corrected chi connectivity index (χ3v) is 6.27. The van der Waals surface area contributed by atoms with Gasteiger partial charge >= 0.3 is 0 Å². The lowest BCUT2D eigenvalue weighted by molar-refractivity contribution is 0.164. The first-order chi connectivity index (χ1) is 13.8. The number of hydrogen-bond donors (Lipinski definition) is 0. The molecule has 0 N–H and O–H groups in total. The molecule has 2 aliphatic carbocycles. The van der Waals surface area contributed by atoms with Gasteiger partial charge in [-0.1, -0.05) is 19.8 Å². The highest BCUT2D eigenvalue weighted by molar-refractivity contribution is 5.33. The van der Waals surface area contributed by atoms with Gasteiger partial charge in [0.1, 0.15) is 0 Å². The summed E-state index contributed by atoms with van der Waals surface area (Å²) in [5.41, 5.74) is 0.687. The van der Waals surface area contributed by atoms with Crippen molar-refractivity contribution < 1.29 is 31.1 Å². The van der Waals surface area contributed by atoms with Crippen molar-refractivity contribution in [2.45, 2.75) is 64.2 Å². The van der Waals surface area contributed by atoms with Crippen LogP contribution in [0.2, 0.25) is 0 Å². The Morgan fingerprint density at radius 3 is 1.79 bits per heavy atom. The van der Waals surface area contributed by atoms with Crippen molar-refractivity contribution in [3.05, 3.63) is 41.7 Å². The van der Waals surface area contributed by atoms with Gasteiger partial charge in [0, 0.05) is 0 Å². The van der Waals surface area contributed by atoms with Gasteiger partial charge in [0.25, 0.3) is 6.08 Å². The molecule has 0 unspecified atom stereocenters. The predicted octanol–water partition coefficient (Wildman–Crippen LogP) is 8.06. The Kier molecular flexibility index (Phi) is 9.37. The van der Waals surface area contributed by atoms with Crippen LogP contribution in [0.4, 0.5) is 26.3 Å². The molecule has 29 heavy (non-hydrogen) atoms. The van der Waals surface area contributed by atoms with Crippen LogP contribution in [0.25, 0.3) is 0 Å². The Morgan fingerprint density at radius 2 is 1.38 bits per heavy atom. The van der Waals surface area contributed by atoms with Gasteiger partial charge in [0.05, 0.1) is 0 Å². The van der Waals surface area contributed by atoms with Crippen molar-refractivity contribution >= 4 is 0 Å². The third-order valence-electron chi connectivity index (χ3n) is 6.27. The van der Waals surface area contributed by atoms with Crippen molar-refractivity contribution in [2.75, 3.05) is 6.86 Å². The molecule has 3 rings (SSSR count). The van der Waals surface area contributed by atoms with Crippen LogP contribution < -0.4 is 4.74 Å². The van der Waals surface area contributed by atoms with Crippen LogP contribution in [0.5, 0.6) is 5.75 Å². The second-order valence-corrected chi connectivity index (χ2v) is 8.10.